The molecule has 1 aliphatic carbocycles. The van der Waals surface area contributed by atoms with Crippen LogP contribution < -0.4 is 0 Å². The van der Waals surface area contributed by atoms with E-state index in [1.54, 1.807) is 0 Å². The van der Waals surface area contributed by atoms with Gasteiger partial charge in [-0.3, -0.25) is 14.5 Å². The predicted molar refractivity (Wildman–Crippen MR) is 95.8 cm³/mol. The van der Waals surface area contributed by atoms with E-state index in [1.165, 1.54) is 5.56 Å². The number of benzene rings is 1. The third-order valence-corrected chi connectivity index (χ3v) is 5.64. The van der Waals surface area contributed by atoms with E-state index in [9.17, 15) is 9.59 Å². The van der Waals surface area contributed by atoms with Crippen molar-refractivity contribution in [3.05, 3.63) is 35.9 Å². The molecule has 2 saturated heterocycles. The lowest BCUT2D eigenvalue weighted by Gasteiger charge is -2.24. The number of nitrogens with zero attached hydrogens (tertiary/aromatic N) is 3. The molecule has 0 bridgehead atoms. The van der Waals surface area contributed by atoms with Gasteiger partial charge in [-0.2, -0.15) is 0 Å². The largest absolute Gasteiger partial charge is 0.341 e. The van der Waals surface area contributed by atoms with Crippen LogP contribution in [0.15, 0.2) is 30.3 Å². The minimum atomic E-state index is -0.117. The maximum atomic E-state index is 12.9. The van der Waals surface area contributed by atoms with E-state index in [2.05, 4.69) is 29.2 Å². The zero-order valence-corrected chi connectivity index (χ0v) is 14.8. The highest BCUT2D eigenvalue weighted by atomic mass is 16.2. The fraction of sp³-hybridized carbons (Fsp3) is 0.600. The molecule has 1 aromatic carbocycles. The highest BCUT2D eigenvalue weighted by Gasteiger charge is 2.42. The van der Waals surface area contributed by atoms with Crippen molar-refractivity contribution in [2.45, 2.75) is 38.3 Å². The Labute approximate surface area is 149 Å². The quantitative estimate of drug-likeness (QED) is 0.838. The van der Waals surface area contributed by atoms with Crippen molar-refractivity contribution in [1.29, 1.82) is 0 Å². The van der Waals surface area contributed by atoms with E-state index in [0.717, 1.165) is 52.0 Å². The Kier molecular flexibility index (Phi) is 4.75. The van der Waals surface area contributed by atoms with Crippen LogP contribution in [-0.4, -0.2) is 65.3 Å². The van der Waals surface area contributed by atoms with Gasteiger partial charge in [0.15, 0.2) is 0 Å². The summed E-state index contributed by atoms with van der Waals surface area (Å²) in [5.41, 5.74) is 1.32. The number of rotatable bonds is 4. The zero-order valence-electron chi connectivity index (χ0n) is 14.8. The normalized spacial score (nSPS) is 25.3. The van der Waals surface area contributed by atoms with Crippen molar-refractivity contribution in [2.75, 3.05) is 32.7 Å². The summed E-state index contributed by atoms with van der Waals surface area (Å²) >= 11 is 0. The van der Waals surface area contributed by atoms with Crippen LogP contribution in [0.4, 0.5) is 0 Å². The second-order valence-corrected chi connectivity index (χ2v) is 7.62. The first-order valence-electron chi connectivity index (χ1n) is 9.55. The third-order valence-electron chi connectivity index (χ3n) is 5.64. The van der Waals surface area contributed by atoms with Crippen LogP contribution in [0.1, 0.15) is 31.2 Å². The van der Waals surface area contributed by atoms with Gasteiger partial charge in [0.25, 0.3) is 0 Å². The van der Waals surface area contributed by atoms with Gasteiger partial charge in [0.1, 0.15) is 0 Å². The molecule has 2 heterocycles. The van der Waals surface area contributed by atoms with Crippen LogP contribution in [0.2, 0.25) is 0 Å². The number of amides is 2. The van der Waals surface area contributed by atoms with Gasteiger partial charge in [-0.1, -0.05) is 30.3 Å². The van der Waals surface area contributed by atoms with Crippen molar-refractivity contribution in [3.8, 4) is 0 Å². The van der Waals surface area contributed by atoms with E-state index in [1.807, 2.05) is 15.9 Å². The minimum absolute atomic E-state index is 0.117. The van der Waals surface area contributed by atoms with Gasteiger partial charge in [0.2, 0.25) is 11.8 Å². The van der Waals surface area contributed by atoms with Crippen molar-refractivity contribution in [1.82, 2.24) is 14.7 Å². The smallest absolute Gasteiger partial charge is 0.228 e. The summed E-state index contributed by atoms with van der Waals surface area (Å²) in [7, 11) is 0. The summed E-state index contributed by atoms with van der Waals surface area (Å²) in [4.78, 5) is 31.4. The van der Waals surface area contributed by atoms with Gasteiger partial charge < -0.3 is 9.80 Å². The molecule has 4 rings (SSSR count). The molecule has 0 radical (unpaired) electrons. The number of likely N-dealkylation sites (tertiary alicyclic amines) is 1. The Balaban J connectivity index is 1.31. The number of carbonyl (C=O) groups is 2. The van der Waals surface area contributed by atoms with E-state index in [4.69, 9.17) is 0 Å². The van der Waals surface area contributed by atoms with Crippen molar-refractivity contribution < 1.29 is 9.59 Å². The monoisotopic (exact) mass is 341 g/mol. The first kappa shape index (κ1) is 16.6. The lowest BCUT2D eigenvalue weighted by atomic mass is 10.1. The average molecular weight is 341 g/mol. The molecule has 1 saturated carbocycles. The van der Waals surface area contributed by atoms with E-state index < -0.39 is 0 Å². The zero-order chi connectivity index (χ0) is 17.2. The maximum absolute atomic E-state index is 12.9. The van der Waals surface area contributed by atoms with Crippen LogP contribution >= 0.6 is 0 Å². The molecule has 0 N–H and O–H groups in total. The lowest BCUT2D eigenvalue weighted by molar-refractivity contribution is -0.135. The maximum Gasteiger partial charge on any atom is 0.228 e. The van der Waals surface area contributed by atoms with Gasteiger partial charge in [-0.05, 0) is 24.8 Å². The molecule has 0 unspecified atom stereocenters. The third kappa shape index (κ3) is 3.87. The van der Waals surface area contributed by atoms with Gasteiger partial charge in [0, 0.05) is 51.7 Å². The molecule has 5 heteroatoms. The van der Waals surface area contributed by atoms with E-state index in [-0.39, 0.29) is 17.7 Å². The summed E-state index contributed by atoms with van der Waals surface area (Å²) in [5.74, 6) is 0.258. The van der Waals surface area contributed by atoms with Crippen LogP contribution in [0.3, 0.4) is 0 Å². The van der Waals surface area contributed by atoms with Gasteiger partial charge in [-0.15, -0.1) is 0 Å². The number of hydrogen-bond donors (Lipinski definition) is 0. The number of hydrogen-bond acceptors (Lipinski definition) is 3. The van der Waals surface area contributed by atoms with Crippen molar-refractivity contribution in [3.63, 3.8) is 0 Å². The van der Waals surface area contributed by atoms with Crippen molar-refractivity contribution in [2.24, 2.45) is 5.92 Å². The van der Waals surface area contributed by atoms with E-state index in [0.29, 0.717) is 19.0 Å². The van der Waals surface area contributed by atoms with Gasteiger partial charge >= 0.3 is 0 Å². The molecule has 2 amide bonds. The molecular formula is C20H27N3O2. The van der Waals surface area contributed by atoms with Gasteiger partial charge in [-0.25, -0.2) is 0 Å². The second kappa shape index (κ2) is 7.16. The lowest BCUT2D eigenvalue weighted by Crippen LogP contribution is -2.40. The molecule has 134 valence electrons. The van der Waals surface area contributed by atoms with Gasteiger partial charge in [0.05, 0.1) is 5.92 Å². The molecule has 25 heavy (non-hydrogen) atoms. The summed E-state index contributed by atoms with van der Waals surface area (Å²) in [5, 5.41) is 0. The molecule has 3 fully saturated rings. The molecule has 0 spiro atoms. The fourth-order valence-corrected chi connectivity index (χ4v) is 4.09. The SMILES string of the molecule is O=C([C@H]1CC(=O)N(C2CC2)C1)N1CCCN(Cc2ccccc2)CC1. The van der Waals surface area contributed by atoms with Crippen LogP contribution in [0.25, 0.3) is 0 Å². The molecule has 1 aromatic rings. The molecule has 3 aliphatic rings. The van der Waals surface area contributed by atoms with Crippen molar-refractivity contribution >= 4 is 11.8 Å². The Morgan fingerprint density at radius 2 is 1.84 bits per heavy atom. The molecular weight excluding hydrogens is 314 g/mol. The second-order valence-electron chi connectivity index (χ2n) is 7.62. The van der Waals surface area contributed by atoms with E-state index >= 15 is 0 Å². The molecule has 2 aliphatic heterocycles. The summed E-state index contributed by atoms with van der Waals surface area (Å²) in [6.07, 6.45) is 3.65. The Hall–Kier alpha value is -1.88. The average Bonchev–Trinajstić information content (AvgIpc) is 3.42. The standard InChI is InChI=1S/C20H27N3O2/c24-19-13-17(15-23(19)18-7-8-18)20(25)22-10-4-9-21(11-12-22)14-16-5-2-1-3-6-16/h1-3,5-6,17-18H,4,7-15H2/t17-/m0/s1. The highest BCUT2D eigenvalue weighted by molar-refractivity contribution is 5.89. The number of carbonyl (C=O) groups excluding carboxylic acids is 2. The summed E-state index contributed by atoms with van der Waals surface area (Å²) in [6, 6.07) is 10.9. The Morgan fingerprint density at radius 3 is 2.60 bits per heavy atom. The van der Waals surface area contributed by atoms with Crippen LogP contribution in [0.5, 0.6) is 0 Å². The minimum Gasteiger partial charge on any atom is -0.341 e. The highest BCUT2D eigenvalue weighted by Crippen LogP contribution is 2.33. The first-order valence-corrected chi connectivity index (χ1v) is 9.55. The molecule has 0 aromatic heterocycles. The molecule has 1 atom stereocenters. The predicted octanol–water partition coefficient (Wildman–Crippen LogP) is 1.73. The fourth-order valence-electron chi connectivity index (χ4n) is 4.09. The Morgan fingerprint density at radius 1 is 1.04 bits per heavy atom. The van der Waals surface area contributed by atoms with Crippen LogP contribution in [0, 0.1) is 5.92 Å². The van der Waals surface area contributed by atoms with Crippen LogP contribution in [-0.2, 0) is 16.1 Å². The topological polar surface area (TPSA) is 43.9 Å². The Bertz CT molecular complexity index is 629. The first-order chi connectivity index (χ1) is 12.2. The summed E-state index contributed by atoms with van der Waals surface area (Å²) < 4.78 is 0. The molecule has 5 nitrogen and oxygen atoms in total. The summed E-state index contributed by atoms with van der Waals surface area (Å²) in [6.45, 7) is 5.12.